The van der Waals surface area contributed by atoms with Gasteiger partial charge in [-0.05, 0) is 13.3 Å². The predicted octanol–water partition coefficient (Wildman–Crippen LogP) is -0.367. The number of hydrogen-bond acceptors (Lipinski definition) is 3. The van der Waals surface area contributed by atoms with E-state index in [-0.39, 0.29) is 17.4 Å². The molecule has 0 aliphatic carbocycles. The summed E-state index contributed by atoms with van der Waals surface area (Å²) in [5.74, 6) is -1.27. The van der Waals surface area contributed by atoms with Crippen LogP contribution in [-0.4, -0.2) is 34.8 Å². The zero-order valence-corrected chi connectivity index (χ0v) is 9.84. The Morgan fingerprint density at radius 3 is 2.13 bits per heavy atom. The van der Waals surface area contributed by atoms with E-state index in [4.69, 9.17) is 23.7 Å². The Morgan fingerprint density at radius 2 is 1.87 bits per heavy atom. The van der Waals surface area contributed by atoms with Crippen molar-refractivity contribution < 1.29 is 9.59 Å². The van der Waals surface area contributed by atoms with E-state index in [0.717, 1.165) is 0 Å². The zero-order valence-electron chi connectivity index (χ0n) is 9.03. The van der Waals surface area contributed by atoms with Crippen molar-refractivity contribution in [2.75, 3.05) is 13.1 Å². The van der Waals surface area contributed by atoms with Crippen LogP contribution in [0.5, 0.6) is 0 Å². The SMILES string of the molecule is CCC(C(=O)N(CC)CC(N)=O)C(N)=S. The van der Waals surface area contributed by atoms with Gasteiger partial charge in [0.1, 0.15) is 0 Å². The first-order valence-corrected chi connectivity index (χ1v) is 5.21. The number of likely N-dealkylation sites (N-methyl/N-ethyl adjacent to an activating group) is 1. The average Bonchev–Trinajstić information content (AvgIpc) is 2.14. The van der Waals surface area contributed by atoms with Gasteiger partial charge >= 0.3 is 0 Å². The van der Waals surface area contributed by atoms with Gasteiger partial charge in [0.15, 0.2) is 0 Å². The van der Waals surface area contributed by atoms with Gasteiger partial charge in [0.05, 0.1) is 17.5 Å². The molecule has 0 spiro atoms. The summed E-state index contributed by atoms with van der Waals surface area (Å²) in [4.78, 5) is 24.1. The van der Waals surface area contributed by atoms with Crippen molar-refractivity contribution >= 4 is 29.0 Å². The molecule has 0 aromatic carbocycles. The summed E-state index contributed by atoms with van der Waals surface area (Å²) in [5, 5.41) is 0. The molecule has 1 atom stereocenters. The topological polar surface area (TPSA) is 89.4 Å². The van der Waals surface area contributed by atoms with E-state index in [2.05, 4.69) is 0 Å². The van der Waals surface area contributed by atoms with Crippen molar-refractivity contribution in [2.24, 2.45) is 17.4 Å². The third-order valence-electron chi connectivity index (χ3n) is 2.09. The lowest BCUT2D eigenvalue weighted by Gasteiger charge is -2.23. The summed E-state index contributed by atoms with van der Waals surface area (Å²) >= 11 is 4.79. The van der Waals surface area contributed by atoms with Crippen molar-refractivity contribution in [3.63, 3.8) is 0 Å². The van der Waals surface area contributed by atoms with Crippen molar-refractivity contribution in [2.45, 2.75) is 20.3 Å². The van der Waals surface area contributed by atoms with E-state index in [1.165, 1.54) is 4.90 Å². The number of carbonyl (C=O) groups excluding carboxylic acids is 2. The Hall–Kier alpha value is -1.17. The van der Waals surface area contributed by atoms with Gasteiger partial charge in [-0.3, -0.25) is 9.59 Å². The smallest absolute Gasteiger partial charge is 0.237 e. The fourth-order valence-corrected chi connectivity index (χ4v) is 1.52. The summed E-state index contributed by atoms with van der Waals surface area (Å²) in [6.07, 6.45) is 0.531. The second-order valence-electron chi connectivity index (χ2n) is 3.18. The van der Waals surface area contributed by atoms with E-state index in [1.54, 1.807) is 6.92 Å². The highest BCUT2D eigenvalue weighted by Crippen LogP contribution is 2.08. The summed E-state index contributed by atoms with van der Waals surface area (Å²) in [6, 6.07) is 0. The molecule has 4 N–H and O–H groups in total. The van der Waals surface area contributed by atoms with Gasteiger partial charge in [-0.25, -0.2) is 0 Å². The standard InChI is InChI=1S/C9H17N3O2S/c1-3-6(8(11)15)9(14)12(4-2)5-7(10)13/h6H,3-5H2,1-2H3,(H2,10,13)(H2,11,15). The predicted molar refractivity (Wildman–Crippen MR) is 62.0 cm³/mol. The maximum Gasteiger partial charge on any atom is 0.237 e. The molecule has 0 fully saturated rings. The molecule has 0 radical (unpaired) electrons. The minimum atomic E-state index is -0.539. The molecule has 0 heterocycles. The molecule has 0 rings (SSSR count). The maximum absolute atomic E-state index is 11.8. The van der Waals surface area contributed by atoms with Gasteiger partial charge in [0, 0.05) is 6.54 Å². The quantitative estimate of drug-likeness (QED) is 0.610. The van der Waals surface area contributed by atoms with Gasteiger partial charge < -0.3 is 16.4 Å². The number of carbonyl (C=O) groups is 2. The molecule has 0 bridgehead atoms. The molecule has 0 saturated carbocycles. The number of thiocarbonyl (C=S) groups is 1. The normalized spacial score (nSPS) is 11.9. The molecular weight excluding hydrogens is 214 g/mol. The highest BCUT2D eigenvalue weighted by Gasteiger charge is 2.24. The molecule has 0 aliphatic rings. The molecule has 86 valence electrons. The molecule has 5 nitrogen and oxygen atoms in total. The maximum atomic E-state index is 11.8. The highest BCUT2D eigenvalue weighted by atomic mass is 32.1. The Morgan fingerprint density at radius 1 is 1.33 bits per heavy atom. The molecule has 0 aromatic rings. The van der Waals surface area contributed by atoms with E-state index < -0.39 is 11.8 Å². The van der Waals surface area contributed by atoms with Crippen molar-refractivity contribution in [1.82, 2.24) is 4.90 Å². The van der Waals surface area contributed by atoms with Crippen molar-refractivity contribution in [1.29, 1.82) is 0 Å². The lowest BCUT2D eigenvalue weighted by Crippen LogP contribution is -2.44. The van der Waals surface area contributed by atoms with E-state index in [0.29, 0.717) is 13.0 Å². The molecular formula is C9H17N3O2S. The van der Waals surface area contributed by atoms with Crippen LogP contribution < -0.4 is 11.5 Å². The second kappa shape index (κ2) is 6.34. The molecule has 0 aliphatic heterocycles. The number of primary amides is 1. The van der Waals surface area contributed by atoms with Crippen LogP contribution in [0.4, 0.5) is 0 Å². The van der Waals surface area contributed by atoms with Crippen LogP contribution in [0.1, 0.15) is 20.3 Å². The van der Waals surface area contributed by atoms with Crippen molar-refractivity contribution in [3.05, 3.63) is 0 Å². The Kier molecular flexibility index (Phi) is 5.84. The minimum Gasteiger partial charge on any atom is -0.393 e. The zero-order chi connectivity index (χ0) is 12.0. The Bertz CT molecular complexity index is 268. The van der Waals surface area contributed by atoms with Gasteiger partial charge in [-0.15, -0.1) is 0 Å². The molecule has 1 unspecified atom stereocenters. The Labute approximate surface area is 94.8 Å². The van der Waals surface area contributed by atoms with Gasteiger partial charge in [0.25, 0.3) is 0 Å². The average molecular weight is 231 g/mol. The summed E-state index contributed by atoms with van der Waals surface area (Å²) in [6.45, 7) is 3.92. The lowest BCUT2D eigenvalue weighted by molar-refractivity contribution is -0.136. The van der Waals surface area contributed by atoms with Crippen LogP contribution in [-0.2, 0) is 9.59 Å². The molecule has 6 heteroatoms. The lowest BCUT2D eigenvalue weighted by atomic mass is 10.1. The van der Waals surface area contributed by atoms with Crippen LogP contribution >= 0.6 is 12.2 Å². The number of nitrogens with zero attached hydrogens (tertiary/aromatic N) is 1. The third kappa shape index (κ3) is 4.24. The fourth-order valence-electron chi connectivity index (χ4n) is 1.25. The number of rotatable bonds is 6. The van der Waals surface area contributed by atoms with E-state index in [9.17, 15) is 9.59 Å². The highest BCUT2D eigenvalue weighted by molar-refractivity contribution is 7.80. The first kappa shape index (κ1) is 13.8. The first-order chi connectivity index (χ1) is 6.93. The number of hydrogen-bond donors (Lipinski definition) is 2. The summed E-state index contributed by atoms with van der Waals surface area (Å²) in [7, 11) is 0. The molecule has 15 heavy (non-hydrogen) atoms. The third-order valence-corrected chi connectivity index (χ3v) is 2.37. The summed E-state index contributed by atoms with van der Waals surface area (Å²) in [5.41, 5.74) is 10.5. The van der Waals surface area contributed by atoms with Gasteiger partial charge in [-0.1, -0.05) is 19.1 Å². The van der Waals surface area contributed by atoms with Crippen LogP contribution in [0, 0.1) is 5.92 Å². The monoisotopic (exact) mass is 231 g/mol. The van der Waals surface area contributed by atoms with Crippen LogP contribution in [0.2, 0.25) is 0 Å². The van der Waals surface area contributed by atoms with Crippen molar-refractivity contribution in [3.8, 4) is 0 Å². The minimum absolute atomic E-state index is 0.0888. The first-order valence-electron chi connectivity index (χ1n) is 4.80. The molecule has 0 saturated heterocycles. The van der Waals surface area contributed by atoms with E-state index >= 15 is 0 Å². The summed E-state index contributed by atoms with van der Waals surface area (Å²) < 4.78 is 0. The van der Waals surface area contributed by atoms with Crippen LogP contribution in [0.25, 0.3) is 0 Å². The van der Waals surface area contributed by atoms with Gasteiger partial charge in [0.2, 0.25) is 11.8 Å². The molecule has 0 aromatic heterocycles. The van der Waals surface area contributed by atoms with Crippen LogP contribution in [0.15, 0.2) is 0 Å². The number of amides is 2. The van der Waals surface area contributed by atoms with Crippen LogP contribution in [0.3, 0.4) is 0 Å². The fraction of sp³-hybridized carbons (Fsp3) is 0.667. The molecule has 2 amide bonds. The second-order valence-corrected chi connectivity index (χ2v) is 3.65. The number of nitrogens with two attached hydrogens (primary N) is 2. The van der Waals surface area contributed by atoms with Gasteiger partial charge in [-0.2, -0.15) is 0 Å². The Balaban J connectivity index is 4.61. The largest absolute Gasteiger partial charge is 0.393 e. The van der Waals surface area contributed by atoms with E-state index in [1.807, 2.05) is 6.92 Å².